The van der Waals surface area contributed by atoms with Crippen LogP contribution in [0.15, 0.2) is 0 Å². The number of fused-ring (bicyclic) bond motifs is 5. The van der Waals surface area contributed by atoms with Gasteiger partial charge < -0.3 is 15.3 Å². The van der Waals surface area contributed by atoms with Crippen LogP contribution in [-0.4, -0.2) is 45.1 Å². The van der Waals surface area contributed by atoms with Crippen LogP contribution >= 0.6 is 0 Å². The van der Waals surface area contributed by atoms with Crippen LogP contribution in [0.5, 0.6) is 0 Å². The Labute approximate surface area is 204 Å². The molecular formula is C28H46O6. The molecule has 3 N–H and O–H groups in total. The van der Waals surface area contributed by atoms with Gasteiger partial charge in [-0.25, -0.2) is 0 Å². The van der Waals surface area contributed by atoms with Gasteiger partial charge in [0.05, 0.1) is 12.2 Å². The molecule has 10 atom stereocenters. The SMILES string of the molecule is CC(=O)C(C)=O.C[C@H](CCC(=O)O)[C@H]1CC[C@H]2[C@@H]3CC[C@@H]4C[C@H](O)CC[C@]4(C)[C@H]3C[C@H](O)[C@]12C. The maximum absolute atomic E-state index is 11.5. The number of Topliss-reactive ketones (excluding diaryl/α,β-unsaturated/α-hetero) is 2. The van der Waals surface area contributed by atoms with Crippen molar-refractivity contribution in [2.24, 2.45) is 46.3 Å². The lowest BCUT2D eigenvalue weighted by molar-refractivity contribution is -0.175. The number of aliphatic carboxylic acids is 1. The topological polar surface area (TPSA) is 112 Å². The highest BCUT2D eigenvalue weighted by molar-refractivity contribution is 6.35. The van der Waals surface area contributed by atoms with E-state index < -0.39 is 5.97 Å². The highest BCUT2D eigenvalue weighted by atomic mass is 16.4. The standard InChI is InChI=1S/C24H40O4.C4H6O2/c1-14(4-9-22(27)28)18-7-8-19-17-6-5-15-12-16(25)10-11-23(15,2)20(17)13-21(26)24(18,19)3;1-3(5)4(2)6/h14-21,25-26H,4-13H2,1-3H3,(H,27,28);1-2H3/t14-,15-,16-,17+,18-,19+,20+,21+,23+,24-;/m1./s1. The van der Waals surface area contributed by atoms with E-state index in [4.69, 9.17) is 5.11 Å². The zero-order valence-electron chi connectivity index (χ0n) is 21.8. The van der Waals surface area contributed by atoms with Gasteiger partial charge >= 0.3 is 5.97 Å². The Kier molecular flexibility index (Phi) is 8.34. The van der Waals surface area contributed by atoms with Gasteiger partial charge in [0.25, 0.3) is 0 Å². The lowest BCUT2D eigenvalue weighted by Crippen LogP contribution is -2.58. The minimum Gasteiger partial charge on any atom is -0.481 e. The fraction of sp³-hybridized carbons (Fsp3) is 0.893. The van der Waals surface area contributed by atoms with Gasteiger partial charge in [-0.3, -0.25) is 14.4 Å². The van der Waals surface area contributed by atoms with Crippen molar-refractivity contribution in [1.82, 2.24) is 0 Å². The van der Waals surface area contributed by atoms with E-state index in [9.17, 15) is 24.6 Å². The van der Waals surface area contributed by atoms with Crippen LogP contribution in [0.1, 0.15) is 98.8 Å². The van der Waals surface area contributed by atoms with Crippen molar-refractivity contribution in [1.29, 1.82) is 0 Å². The van der Waals surface area contributed by atoms with Crippen LogP contribution in [0.2, 0.25) is 0 Å². The second kappa shape index (κ2) is 10.4. The van der Waals surface area contributed by atoms with E-state index in [1.165, 1.54) is 33.1 Å². The van der Waals surface area contributed by atoms with Crippen molar-refractivity contribution in [3.05, 3.63) is 0 Å². The third-order valence-corrected chi connectivity index (χ3v) is 10.8. The smallest absolute Gasteiger partial charge is 0.303 e. The van der Waals surface area contributed by atoms with Crippen LogP contribution in [0.3, 0.4) is 0 Å². The number of aliphatic hydroxyl groups is 2. The number of carbonyl (C=O) groups is 3. The van der Waals surface area contributed by atoms with Crippen LogP contribution in [-0.2, 0) is 14.4 Å². The quantitative estimate of drug-likeness (QED) is 0.496. The van der Waals surface area contributed by atoms with Crippen molar-refractivity contribution in [3.8, 4) is 0 Å². The lowest BCUT2D eigenvalue weighted by Gasteiger charge is -2.62. The van der Waals surface area contributed by atoms with Crippen LogP contribution in [0, 0.1) is 46.3 Å². The largest absolute Gasteiger partial charge is 0.481 e. The summed E-state index contributed by atoms with van der Waals surface area (Å²) in [5.41, 5.74) is 0.216. The molecule has 4 rings (SSSR count). The second-order valence-corrected chi connectivity index (χ2v) is 12.4. The lowest BCUT2D eigenvalue weighted by atomic mass is 9.43. The summed E-state index contributed by atoms with van der Waals surface area (Å²) in [6, 6.07) is 0. The van der Waals surface area contributed by atoms with E-state index in [0.29, 0.717) is 35.5 Å². The zero-order chi connectivity index (χ0) is 25.4. The first kappa shape index (κ1) is 27.3. The number of aliphatic hydroxyl groups excluding tert-OH is 2. The van der Waals surface area contributed by atoms with E-state index >= 15 is 0 Å². The molecule has 4 fully saturated rings. The highest BCUT2D eigenvalue weighted by Gasteiger charge is 2.63. The average Bonchev–Trinajstić information content (AvgIpc) is 3.12. The predicted octanol–water partition coefficient (Wildman–Crippen LogP) is 4.64. The molecule has 0 unspecified atom stereocenters. The normalized spacial score (nSPS) is 43.9. The molecule has 4 aliphatic rings. The molecule has 0 aromatic rings. The Balaban J connectivity index is 0.000000481. The molecule has 0 aliphatic heterocycles. The van der Waals surface area contributed by atoms with E-state index in [0.717, 1.165) is 38.5 Å². The number of carbonyl (C=O) groups excluding carboxylic acids is 2. The Morgan fingerprint density at radius 3 is 2.15 bits per heavy atom. The molecule has 4 aliphatic carbocycles. The highest BCUT2D eigenvalue weighted by Crippen LogP contribution is 2.68. The van der Waals surface area contributed by atoms with Crippen LogP contribution < -0.4 is 0 Å². The third kappa shape index (κ3) is 5.00. The van der Waals surface area contributed by atoms with Gasteiger partial charge in [0.1, 0.15) is 0 Å². The van der Waals surface area contributed by atoms with E-state index in [1.807, 2.05) is 0 Å². The monoisotopic (exact) mass is 478 g/mol. The molecule has 194 valence electrons. The Morgan fingerprint density at radius 2 is 1.56 bits per heavy atom. The number of ketones is 2. The first-order chi connectivity index (χ1) is 15.8. The molecule has 6 heteroatoms. The van der Waals surface area contributed by atoms with Gasteiger partial charge in [-0.05, 0) is 104 Å². The van der Waals surface area contributed by atoms with Crippen molar-refractivity contribution in [2.75, 3.05) is 0 Å². The molecule has 0 amide bonds. The summed E-state index contributed by atoms with van der Waals surface area (Å²) in [6.45, 7) is 9.50. The van der Waals surface area contributed by atoms with Gasteiger partial charge in [-0.15, -0.1) is 0 Å². The number of carboxylic acids is 1. The summed E-state index contributed by atoms with van der Waals surface area (Å²) in [4.78, 5) is 30.6. The number of rotatable bonds is 5. The molecule has 0 radical (unpaired) electrons. The van der Waals surface area contributed by atoms with Crippen LogP contribution in [0.25, 0.3) is 0 Å². The van der Waals surface area contributed by atoms with Gasteiger partial charge in [-0.2, -0.15) is 0 Å². The fourth-order valence-electron chi connectivity index (χ4n) is 8.71. The summed E-state index contributed by atoms with van der Waals surface area (Å²) < 4.78 is 0. The van der Waals surface area contributed by atoms with E-state index in [-0.39, 0.29) is 41.0 Å². The zero-order valence-corrected chi connectivity index (χ0v) is 21.8. The summed E-state index contributed by atoms with van der Waals surface area (Å²) in [7, 11) is 0. The van der Waals surface area contributed by atoms with Crippen LogP contribution in [0.4, 0.5) is 0 Å². The van der Waals surface area contributed by atoms with Gasteiger partial charge in [-0.1, -0.05) is 20.8 Å². The molecule has 0 spiro atoms. The molecular weight excluding hydrogens is 432 g/mol. The first-order valence-electron chi connectivity index (χ1n) is 13.4. The molecule has 0 aromatic heterocycles. The molecule has 0 saturated heterocycles. The molecule has 0 aromatic carbocycles. The van der Waals surface area contributed by atoms with Crippen molar-refractivity contribution in [2.45, 2.75) is 111 Å². The van der Waals surface area contributed by atoms with Crippen molar-refractivity contribution in [3.63, 3.8) is 0 Å². The second-order valence-electron chi connectivity index (χ2n) is 12.4. The van der Waals surface area contributed by atoms with Gasteiger partial charge in [0, 0.05) is 20.3 Å². The number of hydrogen-bond donors (Lipinski definition) is 3. The average molecular weight is 479 g/mol. The molecule has 4 saturated carbocycles. The summed E-state index contributed by atoms with van der Waals surface area (Å²) in [5.74, 6) is 1.79. The molecule has 34 heavy (non-hydrogen) atoms. The Hall–Kier alpha value is -1.27. The maximum Gasteiger partial charge on any atom is 0.303 e. The van der Waals surface area contributed by atoms with Gasteiger partial charge in [0.15, 0.2) is 11.6 Å². The maximum atomic E-state index is 11.5. The molecule has 6 nitrogen and oxygen atoms in total. The Bertz CT molecular complexity index is 767. The minimum atomic E-state index is -0.707. The van der Waals surface area contributed by atoms with E-state index in [2.05, 4.69) is 20.8 Å². The predicted molar refractivity (Wildman–Crippen MR) is 130 cm³/mol. The summed E-state index contributed by atoms with van der Waals surface area (Å²) in [6.07, 6.45) is 9.26. The summed E-state index contributed by atoms with van der Waals surface area (Å²) in [5, 5.41) is 30.8. The summed E-state index contributed by atoms with van der Waals surface area (Å²) >= 11 is 0. The molecule has 0 heterocycles. The number of hydrogen-bond acceptors (Lipinski definition) is 5. The first-order valence-corrected chi connectivity index (χ1v) is 13.4. The minimum absolute atomic E-state index is 0.0591. The fourth-order valence-corrected chi connectivity index (χ4v) is 8.71. The van der Waals surface area contributed by atoms with Gasteiger partial charge in [0.2, 0.25) is 0 Å². The van der Waals surface area contributed by atoms with Crippen molar-refractivity contribution < 1.29 is 29.7 Å². The van der Waals surface area contributed by atoms with Crippen molar-refractivity contribution >= 4 is 17.5 Å². The van der Waals surface area contributed by atoms with E-state index in [1.54, 1.807) is 0 Å². The number of carboxylic acid groups (broad SMARTS) is 1. The Morgan fingerprint density at radius 1 is 0.912 bits per heavy atom. The third-order valence-electron chi connectivity index (χ3n) is 10.8. The molecule has 0 bridgehead atoms.